The number of nitrogens with one attached hydrogen (secondary N) is 1. The van der Waals surface area contributed by atoms with Crippen molar-refractivity contribution in [1.82, 2.24) is 15.1 Å². The lowest BCUT2D eigenvalue weighted by Gasteiger charge is -2.24. The molecule has 0 spiro atoms. The second-order valence-electron chi connectivity index (χ2n) is 5.93. The normalized spacial score (nSPS) is 17.8. The molecule has 1 aromatic rings. The number of aromatic nitrogens is 2. The summed E-state index contributed by atoms with van der Waals surface area (Å²) in [6.07, 6.45) is 8.98. The van der Waals surface area contributed by atoms with Gasteiger partial charge in [-0.1, -0.05) is 26.7 Å². The van der Waals surface area contributed by atoms with Gasteiger partial charge in [-0.15, -0.1) is 0 Å². The lowest BCUT2D eigenvalue weighted by Crippen LogP contribution is -2.35. The van der Waals surface area contributed by atoms with Gasteiger partial charge in [-0.3, -0.25) is 4.68 Å². The van der Waals surface area contributed by atoms with Gasteiger partial charge < -0.3 is 5.32 Å². The summed E-state index contributed by atoms with van der Waals surface area (Å²) in [5.41, 5.74) is 2.53. The molecule has 1 unspecified atom stereocenters. The third-order valence-corrected chi connectivity index (χ3v) is 5.55. The van der Waals surface area contributed by atoms with Crippen molar-refractivity contribution in [2.45, 2.75) is 64.8 Å². The van der Waals surface area contributed by atoms with Gasteiger partial charge in [0, 0.05) is 13.1 Å². The molecule has 0 amide bonds. The molecule has 1 atom stereocenters. The molecule has 3 nitrogen and oxygen atoms in total. The van der Waals surface area contributed by atoms with Crippen LogP contribution in [0.15, 0.2) is 4.47 Å². The number of aryl methyl sites for hydroxylation is 2. The molecule has 0 aliphatic heterocycles. The minimum atomic E-state index is 0.675. The largest absolute Gasteiger partial charge is 0.314 e. The lowest BCUT2D eigenvalue weighted by atomic mass is 9.93. The molecule has 1 aliphatic rings. The van der Waals surface area contributed by atoms with Crippen LogP contribution in [-0.4, -0.2) is 22.4 Å². The Kier molecular flexibility index (Phi) is 6.09. The molecule has 20 heavy (non-hydrogen) atoms. The van der Waals surface area contributed by atoms with Crippen molar-refractivity contribution >= 4 is 15.9 Å². The zero-order valence-corrected chi connectivity index (χ0v) is 14.7. The summed E-state index contributed by atoms with van der Waals surface area (Å²) >= 11 is 3.73. The van der Waals surface area contributed by atoms with Gasteiger partial charge in [0.05, 0.1) is 15.9 Å². The number of halogens is 1. The van der Waals surface area contributed by atoms with Crippen molar-refractivity contribution in [2.24, 2.45) is 13.0 Å². The molecule has 114 valence electrons. The van der Waals surface area contributed by atoms with Crippen LogP contribution in [0.3, 0.4) is 0 Å². The van der Waals surface area contributed by atoms with E-state index < -0.39 is 0 Å². The van der Waals surface area contributed by atoms with Crippen molar-refractivity contribution < 1.29 is 0 Å². The Morgan fingerprint density at radius 3 is 2.60 bits per heavy atom. The first-order valence-electron chi connectivity index (χ1n) is 8.11. The first kappa shape index (κ1) is 16.0. The Balaban J connectivity index is 1.99. The zero-order valence-electron chi connectivity index (χ0n) is 13.1. The van der Waals surface area contributed by atoms with Gasteiger partial charge in [0.2, 0.25) is 0 Å². The van der Waals surface area contributed by atoms with Crippen LogP contribution in [-0.2, 0) is 19.9 Å². The molecular formula is C16H28BrN3. The van der Waals surface area contributed by atoms with Crippen molar-refractivity contribution in [3.05, 3.63) is 15.9 Å². The van der Waals surface area contributed by atoms with E-state index in [1.54, 1.807) is 0 Å². The van der Waals surface area contributed by atoms with Gasteiger partial charge in [0.1, 0.15) is 0 Å². The maximum absolute atomic E-state index is 4.60. The maximum Gasteiger partial charge on any atom is 0.0766 e. The molecule has 2 rings (SSSR count). The fraction of sp³-hybridized carbons (Fsp3) is 0.812. The van der Waals surface area contributed by atoms with Crippen molar-refractivity contribution in [2.75, 3.05) is 6.54 Å². The van der Waals surface area contributed by atoms with E-state index in [0.29, 0.717) is 6.04 Å². The molecule has 1 fully saturated rings. The van der Waals surface area contributed by atoms with Gasteiger partial charge in [-0.2, -0.15) is 5.10 Å². The van der Waals surface area contributed by atoms with E-state index >= 15 is 0 Å². The Hall–Kier alpha value is -0.350. The molecule has 0 aromatic carbocycles. The summed E-state index contributed by atoms with van der Waals surface area (Å²) in [6, 6.07) is 0.675. The van der Waals surface area contributed by atoms with E-state index in [1.165, 1.54) is 48.0 Å². The van der Waals surface area contributed by atoms with Crippen LogP contribution in [0.5, 0.6) is 0 Å². The molecular weight excluding hydrogens is 314 g/mol. The summed E-state index contributed by atoms with van der Waals surface area (Å²) in [5.74, 6) is 0.882. The second kappa shape index (κ2) is 7.60. The first-order chi connectivity index (χ1) is 9.67. The first-order valence-corrected chi connectivity index (χ1v) is 8.90. The quantitative estimate of drug-likeness (QED) is 0.816. The number of hydrogen-bond donors (Lipinski definition) is 1. The molecule has 1 saturated carbocycles. The van der Waals surface area contributed by atoms with Crippen molar-refractivity contribution in [3.63, 3.8) is 0 Å². The van der Waals surface area contributed by atoms with Gasteiger partial charge in [0.25, 0.3) is 0 Å². The van der Waals surface area contributed by atoms with Crippen molar-refractivity contribution in [1.29, 1.82) is 0 Å². The average Bonchev–Trinajstić information content (AvgIpc) is 3.05. The van der Waals surface area contributed by atoms with Crippen LogP contribution in [0.2, 0.25) is 0 Å². The summed E-state index contributed by atoms with van der Waals surface area (Å²) < 4.78 is 3.28. The Morgan fingerprint density at radius 2 is 2.05 bits per heavy atom. The Labute approximate surface area is 131 Å². The molecule has 0 saturated heterocycles. The highest BCUT2D eigenvalue weighted by atomic mass is 79.9. The lowest BCUT2D eigenvalue weighted by molar-refractivity contribution is 0.344. The summed E-state index contributed by atoms with van der Waals surface area (Å²) in [6.45, 7) is 5.46. The summed E-state index contributed by atoms with van der Waals surface area (Å²) in [5, 5.41) is 8.31. The molecule has 1 aromatic heterocycles. The molecule has 1 aliphatic carbocycles. The molecule has 1 heterocycles. The predicted octanol–water partition coefficient (Wildman–Crippen LogP) is 3.85. The van der Waals surface area contributed by atoms with Crippen LogP contribution in [0, 0.1) is 5.92 Å². The predicted molar refractivity (Wildman–Crippen MR) is 88.0 cm³/mol. The zero-order chi connectivity index (χ0) is 14.5. The standard InChI is InChI=1S/C16H28BrN3/c1-4-13-16(17)15(20(3)19-13)11-10-14(18-5-2)12-8-6-7-9-12/h12,14,18H,4-11H2,1-3H3. The number of hydrogen-bond acceptors (Lipinski definition) is 2. The minimum absolute atomic E-state index is 0.675. The molecule has 4 heteroatoms. The Morgan fingerprint density at radius 1 is 1.35 bits per heavy atom. The SMILES string of the molecule is CCNC(CCc1c(Br)c(CC)nn1C)C1CCCC1. The average molecular weight is 342 g/mol. The highest BCUT2D eigenvalue weighted by Gasteiger charge is 2.25. The summed E-state index contributed by atoms with van der Waals surface area (Å²) in [4.78, 5) is 0. The maximum atomic E-state index is 4.60. The van der Waals surface area contributed by atoms with Crippen LogP contribution in [0.25, 0.3) is 0 Å². The second-order valence-corrected chi connectivity index (χ2v) is 6.72. The molecule has 1 N–H and O–H groups in total. The monoisotopic (exact) mass is 341 g/mol. The van der Waals surface area contributed by atoms with Crippen molar-refractivity contribution in [3.8, 4) is 0 Å². The van der Waals surface area contributed by atoms with E-state index in [-0.39, 0.29) is 0 Å². The van der Waals surface area contributed by atoms with Crippen LogP contribution in [0.1, 0.15) is 57.3 Å². The Bertz CT molecular complexity index is 422. The highest BCUT2D eigenvalue weighted by molar-refractivity contribution is 9.10. The van der Waals surface area contributed by atoms with E-state index in [2.05, 4.69) is 51.9 Å². The van der Waals surface area contributed by atoms with Gasteiger partial charge in [0.15, 0.2) is 0 Å². The van der Waals surface area contributed by atoms with Gasteiger partial charge in [-0.25, -0.2) is 0 Å². The summed E-state index contributed by atoms with van der Waals surface area (Å²) in [7, 11) is 2.07. The van der Waals surface area contributed by atoms with E-state index in [0.717, 1.165) is 25.3 Å². The number of nitrogens with zero attached hydrogens (tertiary/aromatic N) is 2. The van der Waals surface area contributed by atoms with Crippen LogP contribution in [0.4, 0.5) is 0 Å². The van der Waals surface area contributed by atoms with Gasteiger partial charge in [-0.05, 0) is 60.5 Å². The number of rotatable bonds is 7. The van der Waals surface area contributed by atoms with Gasteiger partial charge >= 0.3 is 0 Å². The fourth-order valence-electron chi connectivity index (χ4n) is 3.51. The molecule has 0 radical (unpaired) electrons. The smallest absolute Gasteiger partial charge is 0.0766 e. The highest BCUT2D eigenvalue weighted by Crippen LogP contribution is 2.30. The van der Waals surface area contributed by atoms with E-state index in [4.69, 9.17) is 0 Å². The van der Waals surface area contributed by atoms with Crippen LogP contribution < -0.4 is 5.32 Å². The van der Waals surface area contributed by atoms with Crippen LogP contribution >= 0.6 is 15.9 Å². The minimum Gasteiger partial charge on any atom is -0.314 e. The van der Waals surface area contributed by atoms with E-state index in [9.17, 15) is 0 Å². The topological polar surface area (TPSA) is 29.9 Å². The fourth-order valence-corrected chi connectivity index (χ4v) is 4.32. The van der Waals surface area contributed by atoms with E-state index in [1.807, 2.05) is 0 Å². The third-order valence-electron chi connectivity index (χ3n) is 4.63. The molecule has 0 bridgehead atoms. The third kappa shape index (κ3) is 3.64.